The first-order valence-electron chi connectivity index (χ1n) is 10.4. The molecule has 0 saturated carbocycles. The van der Waals surface area contributed by atoms with Crippen LogP contribution < -0.4 is 4.74 Å². The Morgan fingerprint density at radius 3 is 2.21 bits per heavy atom. The summed E-state index contributed by atoms with van der Waals surface area (Å²) in [6.07, 6.45) is -4.69. The summed E-state index contributed by atoms with van der Waals surface area (Å²) >= 11 is 0. The van der Waals surface area contributed by atoms with Gasteiger partial charge in [-0.2, -0.15) is 13.2 Å². The Morgan fingerprint density at radius 2 is 1.64 bits per heavy atom. The van der Waals surface area contributed by atoms with E-state index in [1.54, 1.807) is 30.3 Å². The fourth-order valence-corrected chi connectivity index (χ4v) is 3.71. The molecule has 0 aliphatic carbocycles. The van der Waals surface area contributed by atoms with E-state index in [4.69, 9.17) is 9.47 Å². The van der Waals surface area contributed by atoms with Crippen molar-refractivity contribution in [2.24, 2.45) is 5.92 Å². The van der Waals surface area contributed by atoms with Gasteiger partial charge in [0, 0.05) is 6.07 Å². The molecule has 0 spiro atoms. The standard InChI is InChI=1S/C26H24F4O3/c1-16(2)12-22(25(31)32-3)21-13-18(17-8-5-4-6-9-17)14-23(24(21)26(28,29)30)33-20-11-7-10-19(27)15-20/h4-11,13-16,22H,12H2,1-3H3. The van der Waals surface area contributed by atoms with Gasteiger partial charge in [-0.3, -0.25) is 4.79 Å². The van der Waals surface area contributed by atoms with Crippen LogP contribution in [0.1, 0.15) is 37.3 Å². The van der Waals surface area contributed by atoms with Crippen molar-refractivity contribution in [3.63, 3.8) is 0 Å². The largest absolute Gasteiger partial charge is 0.469 e. The van der Waals surface area contributed by atoms with E-state index < -0.39 is 35.2 Å². The minimum Gasteiger partial charge on any atom is -0.469 e. The van der Waals surface area contributed by atoms with Crippen LogP contribution in [-0.4, -0.2) is 13.1 Å². The number of hydrogen-bond acceptors (Lipinski definition) is 3. The highest BCUT2D eigenvalue weighted by molar-refractivity contribution is 5.81. The first-order chi connectivity index (χ1) is 15.6. The fourth-order valence-electron chi connectivity index (χ4n) is 3.71. The molecule has 3 aromatic rings. The van der Waals surface area contributed by atoms with Gasteiger partial charge in [-0.15, -0.1) is 0 Å². The molecule has 0 radical (unpaired) electrons. The van der Waals surface area contributed by atoms with Crippen LogP contribution >= 0.6 is 0 Å². The summed E-state index contributed by atoms with van der Waals surface area (Å²) in [6.45, 7) is 3.63. The second kappa shape index (κ2) is 10.1. The number of alkyl halides is 3. The Bertz CT molecular complexity index is 1110. The average Bonchev–Trinajstić information content (AvgIpc) is 2.76. The van der Waals surface area contributed by atoms with Gasteiger partial charge < -0.3 is 9.47 Å². The van der Waals surface area contributed by atoms with Gasteiger partial charge in [0.1, 0.15) is 22.9 Å². The molecule has 7 heteroatoms. The quantitative estimate of drug-likeness (QED) is 0.269. The molecule has 0 aliphatic rings. The summed E-state index contributed by atoms with van der Waals surface area (Å²) in [5.41, 5.74) is -0.245. The molecule has 33 heavy (non-hydrogen) atoms. The van der Waals surface area contributed by atoms with Crippen LogP contribution in [0.2, 0.25) is 0 Å². The van der Waals surface area contributed by atoms with Gasteiger partial charge in [-0.05, 0) is 53.3 Å². The number of ether oxygens (including phenoxy) is 2. The van der Waals surface area contributed by atoms with Crippen molar-refractivity contribution < 1.29 is 31.8 Å². The van der Waals surface area contributed by atoms with E-state index in [2.05, 4.69) is 0 Å². The zero-order chi connectivity index (χ0) is 24.2. The Morgan fingerprint density at radius 1 is 0.939 bits per heavy atom. The van der Waals surface area contributed by atoms with E-state index in [1.807, 2.05) is 13.8 Å². The van der Waals surface area contributed by atoms with E-state index in [9.17, 15) is 22.4 Å². The molecule has 174 valence electrons. The van der Waals surface area contributed by atoms with Gasteiger partial charge in [0.05, 0.1) is 13.0 Å². The molecule has 0 amide bonds. The number of carbonyl (C=O) groups excluding carboxylic acids is 1. The Hall–Kier alpha value is -3.35. The van der Waals surface area contributed by atoms with Gasteiger partial charge in [0.2, 0.25) is 0 Å². The Kier molecular flexibility index (Phi) is 7.41. The number of hydrogen-bond donors (Lipinski definition) is 0. The molecule has 0 N–H and O–H groups in total. The number of halogens is 4. The fraction of sp³-hybridized carbons (Fsp3) is 0.269. The van der Waals surface area contributed by atoms with Crippen LogP contribution in [-0.2, 0) is 15.7 Å². The number of carbonyl (C=O) groups is 1. The predicted molar refractivity (Wildman–Crippen MR) is 118 cm³/mol. The number of esters is 1. The first kappa shape index (κ1) is 24.3. The molecular weight excluding hydrogens is 436 g/mol. The normalized spacial score (nSPS) is 12.5. The van der Waals surface area contributed by atoms with E-state index >= 15 is 0 Å². The van der Waals surface area contributed by atoms with E-state index in [1.165, 1.54) is 30.3 Å². The lowest BCUT2D eigenvalue weighted by Crippen LogP contribution is -2.21. The van der Waals surface area contributed by atoms with Crippen molar-refractivity contribution in [2.75, 3.05) is 7.11 Å². The summed E-state index contributed by atoms with van der Waals surface area (Å²) in [6, 6.07) is 16.3. The molecule has 3 rings (SSSR count). The zero-order valence-corrected chi connectivity index (χ0v) is 18.4. The molecule has 1 atom stereocenters. The Balaban J connectivity index is 2.31. The SMILES string of the molecule is COC(=O)C(CC(C)C)c1cc(-c2ccccc2)cc(Oc2cccc(F)c2)c1C(F)(F)F. The maximum atomic E-state index is 14.4. The minimum atomic E-state index is -4.84. The third-order valence-corrected chi connectivity index (χ3v) is 5.12. The molecule has 0 fully saturated rings. The van der Waals surface area contributed by atoms with Gasteiger partial charge in [0.25, 0.3) is 0 Å². The van der Waals surface area contributed by atoms with Gasteiger partial charge in [0.15, 0.2) is 0 Å². The minimum absolute atomic E-state index is 0.0804. The average molecular weight is 460 g/mol. The number of methoxy groups -OCH3 is 1. The second-order valence-electron chi connectivity index (χ2n) is 8.07. The smallest absolute Gasteiger partial charge is 0.420 e. The van der Waals surface area contributed by atoms with Crippen LogP contribution in [0.3, 0.4) is 0 Å². The topological polar surface area (TPSA) is 35.5 Å². The number of benzene rings is 3. The van der Waals surface area contributed by atoms with Crippen LogP contribution in [0.25, 0.3) is 11.1 Å². The van der Waals surface area contributed by atoms with E-state index in [-0.39, 0.29) is 23.7 Å². The first-order valence-corrected chi connectivity index (χ1v) is 10.4. The highest BCUT2D eigenvalue weighted by Crippen LogP contribution is 2.46. The van der Waals surface area contributed by atoms with Crippen molar-refractivity contribution in [3.05, 3.63) is 83.7 Å². The molecule has 3 nitrogen and oxygen atoms in total. The van der Waals surface area contributed by atoms with Crippen LogP contribution in [0.4, 0.5) is 17.6 Å². The van der Waals surface area contributed by atoms with E-state index in [0.29, 0.717) is 11.1 Å². The second-order valence-corrected chi connectivity index (χ2v) is 8.07. The maximum absolute atomic E-state index is 14.4. The summed E-state index contributed by atoms with van der Waals surface area (Å²) in [4.78, 5) is 12.6. The molecule has 0 saturated heterocycles. The van der Waals surface area contributed by atoms with Gasteiger partial charge in [-0.1, -0.05) is 50.2 Å². The van der Waals surface area contributed by atoms with Crippen molar-refractivity contribution >= 4 is 5.97 Å². The zero-order valence-electron chi connectivity index (χ0n) is 18.4. The highest BCUT2D eigenvalue weighted by Gasteiger charge is 2.41. The molecule has 0 aromatic heterocycles. The summed E-state index contributed by atoms with van der Waals surface area (Å²) in [5.74, 6) is -3.26. The van der Waals surface area contributed by atoms with Gasteiger partial charge in [-0.25, -0.2) is 4.39 Å². The van der Waals surface area contributed by atoms with Crippen LogP contribution in [0.5, 0.6) is 11.5 Å². The lowest BCUT2D eigenvalue weighted by atomic mass is 9.85. The lowest BCUT2D eigenvalue weighted by Gasteiger charge is -2.25. The maximum Gasteiger partial charge on any atom is 0.420 e. The molecular formula is C26H24F4O3. The molecule has 0 aliphatic heterocycles. The summed E-state index contributed by atoms with van der Waals surface area (Å²) in [7, 11) is 1.15. The van der Waals surface area contributed by atoms with E-state index in [0.717, 1.165) is 13.2 Å². The van der Waals surface area contributed by atoms with Crippen LogP contribution in [0, 0.1) is 11.7 Å². The molecule has 3 aromatic carbocycles. The molecule has 1 unspecified atom stereocenters. The van der Waals surface area contributed by atoms with Crippen LogP contribution in [0.15, 0.2) is 66.7 Å². The summed E-state index contributed by atoms with van der Waals surface area (Å²) < 4.78 is 67.3. The Labute approximate surface area is 190 Å². The molecule has 0 bridgehead atoms. The monoisotopic (exact) mass is 460 g/mol. The van der Waals surface area contributed by atoms with Crippen molar-refractivity contribution in [1.82, 2.24) is 0 Å². The van der Waals surface area contributed by atoms with Crippen molar-refractivity contribution in [3.8, 4) is 22.6 Å². The third-order valence-electron chi connectivity index (χ3n) is 5.12. The third kappa shape index (κ3) is 5.92. The van der Waals surface area contributed by atoms with Crippen molar-refractivity contribution in [1.29, 1.82) is 0 Å². The molecule has 0 heterocycles. The van der Waals surface area contributed by atoms with Crippen molar-refractivity contribution in [2.45, 2.75) is 32.4 Å². The van der Waals surface area contributed by atoms with Gasteiger partial charge >= 0.3 is 12.1 Å². The lowest BCUT2D eigenvalue weighted by molar-refractivity contribution is -0.144. The highest BCUT2D eigenvalue weighted by atomic mass is 19.4. The number of rotatable bonds is 7. The summed E-state index contributed by atoms with van der Waals surface area (Å²) in [5, 5.41) is 0. The predicted octanol–water partition coefficient (Wildman–Crippen LogP) is 7.61.